The van der Waals surface area contributed by atoms with Gasteiger partial charge in [-0.25, -0.2) is 4.79 Å². The van der Waals surface area contributed by atoms with E-state index in [-0.39, 0.29) is 6.09 Å². The summed E-state index contributed by atoms with van der Waals surface area (Å²) in [6.07, 6.45) is -0.264. The van der Waals surface area contributed by atoms with Crippen molar-refractivity contribution >= 4 is 11.8 Å². The molecule has 0 radical (unpaired) electrons. The van der Waals surface area contributed by atoms with E-state index in [0.29, 0.717) is 19.1 Å². The lowest BCUT2D eigenvalue weighted by Crippen LogP contribution is -2.24. The number of nitrogens with one attached hydrogen (secondary N) is 1. The Labute approximate surface area is 102 Å². The van der Waals surface area contributed by atoms with Crippen molar-refractivity contribution in [1.29, 1.82) is 0 Å². The molecule has 1 aliphatic rings. The lowest BCUT2D eigenvalue weighted by Gasteiger charge is -2.12. The largest absolute Gasteiger partial charge is 0.453 e. The third kappa shape index (κ3) is 2.52. The Morgan fingerprint density at radius 3 is 2.71 bits per heavy atom. The zero-order chi connectivity index (χ0) is 12.4. The third-order valence-electron chi connectivity index (χ3n) is 2.82. The number of methoxy groups -OCH3 is 1. The predicted octanol–water partition coefficient (Wildman–Crippen LogP) is 2.59. The molecule has 0 unspecified atom stereocenters. The molecule has 0 saturated carbocycles. The standard InChI is InChI=1S/C13H18N2O2/c1-9(2)14-12-5-4-10-7-15(13(16)17-3)8-11(10)6-12/h4-6,9,14H,7-8H2,1-3H3. The molecule has 0 bridgehead atoms. The van der Waals surface area contributed by atoms with E-state index in [9.17, 15) is 4.79 Å². The van der Waals surface area contributed by atoms with Gasteiger partial charge in [0.2, 0.25) is 0 Å². The van der Waals surface area contributed by atoms with Crippen LogP contribution in [0.25, 0.3) is 0 Å². The van der Waals surface area contributed by atoms with Crippen molar-refractivity contribution in [2.24, 2.45) is 0 Å². The van der Waals surface area contributed by atoms with Crippen LogP contribution in [0.3, 0.4) is 0 Å². The molecule has 1 amide bonds. The van der Waals surface area contributed by atoms with Crippen molar-refractivity contribution in [3.63, 3.8) is 0 Å². The van der Waals surface area contributed by atoms with Crippen LogP contribution >= 0.6 is 0 Å². The first-order valence-electron chi connectivity index (χ1n) is 5.81. The highest BCUT2D eigenvalue weighted by Crippen LogP contribution is 2.26. The molecule has 0 aliphatic carbocycles. The fourth-order valence-electron chi connectivity index (χ4n) is 2.08. The van der Waals surface area contributed by atoms with Crippen LogP contribution in [0.2, 0.25) is 0 Å². The monoisotopic (exact) mass is 234 g/mol. The smallest absolute Gasteiger partial charge is 0.410 e. The third-order valence-corrected chi connectivity index (χ3v) is 2.82. The first-order valence-corrected chi connectivity index (χ1v) is 5.81. The van der Waals surface area contributed by atoms with Gasteiger partial charge in [0.1, 0.15) is 0 Å². The maximum absolute atomic E-state index is 11.4. The summed E-state index contributed by atoms with van der Waals surface area (Å²) in [5.74, 6) is 0. The van der Waals surface area contributed by atoms with Crippen molar-refractivity contribution in [3.05, 3.63) is 29.3 Å². The van der Waals surface area contributed by atoms with Gasteiger partial charge in [0.25, 0.3) is 0 Å². The molecule has 0 fully saturated rings. The van der Waals surface area contributed by atoms with Gasteiger partial charge >= 0.3 is 6.09 Å². The second-order valence-corrected chi connectivity index (χ2v) is 4.61. The minimum absolute atomic E-state index is 0.264. The Morgan fingerprint density at radius 1 is 1.35 bits per heavy atom. The minimum Gasteiger partial charge on any atom is -0.453 e. The molecule has 4 nitrogen and oxygen atoms in total. The molecule has 0 aromatic heterocycles. The number of carbonyl (C=O) groups excluding carboxylic acids is 1. The molecule has 1 aromatic carbocycles. The van der Waals surface area contributed by atoms with Gasteiger partial charge in [-0.05, 0) is 37.1 Å². The summed E-state index contributed by atoms with van der Waals surface area (Å²) in [4.78, 5) is 13.1. The van der Waals surface area contributed by atoms with Crippen LogP contribution in [0.4, 0.5) is 10.5 Å². The highest BCUT2D eigenvalue weighted by Gasteiger charge is 2.23. The molecule has 0 spiro atoms. The molecular weight excluding hydrogens is 216 g/mol. The van der Waals surface area contributed by atoms with E-state index in [4.69, 9.17) is 4.74 Å². The molecule has 1 heterocycles. The SMILES string of the molecule is COC(=O)N1Cc2ccc(NC(C)C)cc2C1. The summed E-state index contributed by atoms with van der Waals surface area (Å²) in [5, 5.41) is 3.36. The summed E-state index contributed by atoms with van der Waals surface area (Å²) in [6.45, 7) is 5.49. The minimum atomic E-state index is -0.264. The van der Waals surface area contributed by atoms with Gasteiger partial charge < -0.3 is 10.1 Å². The summed E-state index contributed by atoms with van der Waals surface area (Å²) in [7, 11) is 1.41. The molecule has 17 heavy (non-hydrogen) atoms. The van der Waals surface area contributed by atoms with Gasteiger partial charge in [-0.2, -0.15) is 0 Å². The van der Waals surface area contributed by atoms with Crippen LogP contribution in [0, 0.1) is 0 Å². The van der Waals surface area contributed by atoms with Crippen LogP contribution in [0.5, 0.6) is 0 Å². The topological polar surface area (TPSA) is 41.6 Å². The van der Waals surface area contributed by atoms with Crippen molar-refractivity contribution in [2.75, 3.05) is 12.4 Å². The molecule has 1 aromatic rings. The van der Waals surface area contributed by atoms with Gasteiger partial charge in [-0.1, -0.05) is 6.07 Å². The summed E-state index contributed by atoms with van der Waals surface area (Å²) in [6, 6.07) is 6.65. The molecule has 2 rings (SSSR count). The van der Waals surface area contributed by atoms with Gasteiger partial charge in [-0.3, -0.25) is 4.90 Å². The second-order valence-electron chi connectivity index (χ2n) is 4.61. The van der Waals surface area contributed by atoms with Crippen LogP contribution < -0.4 is 5.32 Å². The van der Waals surface area contributed by atoms with E-state index >= 15 is 0 Å². The van der Waals surface area contributed by atoms with Crippen molar-refractivity contribution in [2.45, 2.75) is 33.0 Å². The molecule has 4 heteroatoms. The Morgan fingerprint density at radius 2 is 2.06 bits per heavy atom. The van der Waals surface area contributed by atoms with Crippen LogP contribution in [0.1, 0.15) is 25.0 Å². The fraction of sp³-hybridized carbons (Fsp3) is 0.462. The average molecular weight is 234 g/mol. The Balaban J connectivity index is 2.13. The van der Waals surface area contributed by atoms with E-state index in [1.165, 1.54) is 18.2 Å². The summed E-state index contributed by atoms with van der Waals surface area (Å²) >= 11 is 0. The zero-order valence-corrected chi connectivity index (χ0v) is 10.5. The predicted molar refractivity (Wildman–Crippen MR) is 66.9 cm³/mol. The van der Waals surface area contributed by atoms with Crippen LogP contribution in [0.15, 0.2) is 18.2 Å². The van der Waals surface area contributed by atoms with E-state index in [1.807, 2.05) is 0 Å². The van der Waals surface area contributed by atoms with Crippen molar-refractivity contribution in [1.82, 2.24) is 4.90 Å². The number of fused-ring (bicyclic) bond motifs is 1. The number of ether oxygens (including phenoxy) is 1. The molecular formula is C13H18N2O2. The lowest BCUT2D eigenvalue weighted by molar-refractivity contribution is 0.123. The Kier molecular flexibility index (Phi) is 3.22. The van der Waals surface area contributed by atoms with E-state index < -0.39 is 0 Å². The zero-order valence-electron chi connectivity index (χ0n) is 10.5. The number of rotatable bonds is 2. The molecule has 0 atom stereocenters. The van der Waals surface area contributed by atoms with E-state index in [2.05, 4.69) is 37.4 Å². The lowest BCUT2D eigenvalue weighted by atomic mass is 10.1. The molecule has 1 N–H and O–H groups in total. The number of anilines is 1. The van der Waals surface area contributed by atoms with Crippen LogP contribution in [-0.2, 0) is 17.8 Å². The Bertz CT molecular complexity index is 429. The molecule has 0 saturated heterocycles. The van der Waals surface area contributed by atoms with Gasteiger partial charge in [0.15, 0.2) is 0 Å². The van der Waals surface area contributed by atoms with E-state index in [1.54, 1.807) is 4.90 Å². The molecule has 92 valence electrons. The number of benzene rings is 1. The quantitative estimate of drug-likeness (QED) is 0.855. The molecule has 1 aliphatic heterocycles. The van der Waals surface area contributed by atoms with Gasteiger partial charge in [0, 0.05) is 24.8 Å². The average Bonchev–Trinajstić information content (AvgIpc) is 2.70. The normalized spacial score (nSPS) is 13.8. The number of hydrogen-bond acceptors (Lipinski definition) is 3. The first-order chi connectivity index (χ1) is 8.10. The van der Waals surface area contributed by atoms with Gasteiger partial charge in [-0.15, -0.1) is 0 Å². The number of hydrogen-bond donors (Lipinski definition) is 1. The maximum Gasteiger partial charge on any atom is 0.410 e. The highest BCUT2D eigenvalue weighted by atomic mass is 16.5. The second kappa shape index (κ2) is 4.65. The van der Waals surface area contributed by atoms with Gasteiger partial charge in [0.05, 0.1) is 7.11 Å². The summed E-state index contributed by atoms with van der Waals surface area (Å²) in [5.41, 5.74) is 3.50. The highest BCUT2D eigenvalue weighted by molar-refractivity contribution is 5.69. The maximum atomic E-state index is 11.4. The number of carbonyl (C=O) groups is 1. The summed E-state index contributed by atoms with van der Waals surface area (Å²) < 4.78 is 4.73. The fourth-order valence-corrected chi connectivity index (χ4v) is 2.08. The number of nitrogens with zero attached hydrogens (tertiary/aromatic N) is 1. The first kappa shape index (κ1) is 11.8. The van der Waals surface area contributed by atoms with Crippen molar-refractivity contribution < 1.29 is 9.53 Å². The van der Waals surface area contributed by atoms with Crippen LogP contribution in [-0.4, -0.2) is 24.1 Å². The van der Waals surface area contributed by atoms with Crippen molar-refractivity contribution in [3.8, 4) is 0 Å². The Hall–Kier alpha value is -1.71. The van der Waals surface area contributed by atoms with E-state index in [0.717, 1.165) is 5.69 Å². The number of amides is 1.